The molecule has 2 amide bonds. The van der Waals surface area contributed by atoms with Gasteiger partial charge in [0.15, 0.2) is 0 Å². The Morgan fingerprint density at radius 1 is 1.14 bits per heavy atom. The van der Waals surface area contributed by atoms with Crippen LogP contribution in [-0.4, -0.2) is 34.8 Å². The van der Waals surface area contributed by atoms with Crippen LogP contribution >= 0.6 is 0 Å². The van der Waals surface area contributed by atoms with Gasteiger partial charge in [-0.3, -0.25) is 9.59 Å². The molecule has 4 nitrogen and oxygen atoms in total. The van der Waals surface area contributed by atoms with E-state index >= 15 is 0 Å². The molecule has 1 heterocycles. The Labute approximate surface area is 129 Å². The minimum Gasteiger partial charge on any atom is -0.342 e. The molecule has 0 aromatic carbocycles. The normalized spacial score (nSPS) is 28.0. The van der Waals surface area contributed by atoms with Crippen molar-refractivity contribution in [2.24, 2.45) is 11.8 Å². The van der Waals surface area contributed by atoms with Gasteiger partial charge in [0.25, 0.3) is 0 Å². The summed E-state index contributed by atoms with van der Waals surface area (Å²) in [6.45, 7) is 13.0. The molecule has 3 atom stereocenters. The molecule has 0 aliphatic carbocycles. The molecule has 0 aromatic heterocycles. The summed E-state index contributed by atoms with van der Waals surface area (Å²) >= 11 is 0. The number of hydrogen-bond donors (Lipinski definition) is 1. The summed E-state index contributed by atoms with van der Waals surface area (Å²) in [4.78, 5) is 27.4. The van der Waals surface area contributed by atoms with Crippen LogP contribution in [0.1, 0.15) is 67.2 Å². The Bertz CT molecular complexity index is 379. The van der Waals surface area contributed by atoms with Crippen molar-refractivity contribution in [2.75, 3.05) is 6.54 Å². The maximum absolute atomic E-state index is 12.9. The number of carbonyl (C=O) groups excluding carboxylic acids is 2. The molecule has 1 N–H and O–H groups in total. The van der Waals surface area contributed by atoms with Crippen LogP contribution in [0.3, 0.4) is 0 Å². The maximum Gasteiger partial charge on any atom is 0.246 e. The second kappa shape index (κ2) is 7.28. The molecule has 3 unspecified atom stereocenters. The number of nitrogens with zero attached hydrogens (tertiary/aromatic N) is 1. The molecule has 21 heavy (non-hydrogen) atoms. The fourth-order valence-electron chi connectivity index (χ4n) is 2.96. The number of piperazine rings is 1. The van der Waals surface area contributed by atoms with Crippen molar-refractivity contribution in [3.8, 4) is 0 Å². The average Bonchev–Trinajstić information content (AvgIpc) is 2.50. The third kappa shape index (κ3) is 3.41. The summed E-state index contributed by atoms with van der Waals surface area (Å²) in [5, 5.41) is 2.97. The second-order valence-corrected chi connectivity index (χ2v) is 6.60. The largest absolute Gasteiger partial charge is 0.342 e. The van der Waals surface area contributed by atoms with E-state index in [0.717, 1.165) is 19.3 Å². The first kappa shape index (κ1) is 18.0. The van der Waals surface area contributed by atoms with Crippen LogP contribution in [-0.2, 0) is 9.59 Å². The molecular formula is C17H32N2O2. The van der Waals surface area contributed by atoms with Gasteiger partial charge in [-0.2, -0.15) is 0 Å². The monoisotopic (exact) mass is 296 g/mol. The Balaban J connectivity index is 3.09. The van der Waals surface area contributed by atoms with Crippen molar-refractivity contribution < 1.29 is 9.59 Å². The van der Waals surface area contributed by atoms with Crippen molar-refractivity contribution in [3.05, 3.63) is 0 Å². The van der Waals surface area contributed by atoms with E-state index < -0.39 is 5.54 Å². The van der Waals surface area contributed by atoms with E-state index in [-0.39, 0.29) is 23.8 Å². The van der Waals surface area contributed by atoms with Crippen LogP contribution in [0.4, 0.5) is 0 Å². The summed E-state index contributed by atoms with van der Waals surface area (Å²) in [6, 6.07) is -0.364. The third-order valence-electron chi connectivity index (χ3n) is 5.40. The van der Waals surface area contributed by atoms with E-state index in [9.17, 15) is 9.59 Å². The fraction of sp³-hybridized carbons (Fsp3) is 0.882. The predicted octanol–water partition coefficient (Wildman–Crippen LogP) is 2.96. The van der Waals surface area contributed by atoms with Gasteiger partial charge < -0.3 is 10.2 Å². The smallest absolute Gasteiger partial charge is 0.246 e. The lowest BCUT2D eigenvalue weighted by molar-refractivity contribution is -0.159. The summed E-state index contributed by atoms with van der Waals surface area (Å²) < 4.78 is 0. The van der Waals surface area contributed by atoms with Gasteiger partial charge in [0, 0.05) is 6.54 Å². The molecule has 1 aliphatic rings. The van der Waals surface area contributed by atoms with Crippen LogP contribution < -0.4 is 5.32 Å². The summed E-state index contributed by atoms with van der Waals surface area (Å²) in [5.74, 6) is 0.733. The molecule has 0 saturated carbocycles. The zero-order valence-electron chi connectivity index (χ0n) is 14.5. The Kier molecular flexibility index (Phi) is 6.24. The predicted molar refractivity (Wildman–Crippen MR) is 85.9 cm³/mol. The lowest BCUT2D eigenvalue weighted by Crippen LogP contribution is -2.71. The van der Waals surface area contributed by atoms with Crippen LogP contribution in [0.25, 0.3) is 0 Å². The van der Waals surface area contributed by atoms with E-state index in [2.05, 4.69) is 26.1 Å². The fourth-order valence-corrected chi connectivity index (χ4v) is 2.96. The lowest BCUT2D eigenvalue weighted by atomic mass is 9.85. The Morgan fingerprint density at radius 2 is 1.71 bits per heavy atom. The van der Waals surface area contributed by atoms with E-state index in [0.29, 0.717) is 18.9 Å². The number of nitrogens with one attached hydrogen (secondary N) is 1. The van der Waals surface area contributed by atoms with Crippen molar-refractivity contribution in [3.63, 3.8) is 0 Å². The first-order chi connectivity index (χ1) is 9.85. The molecular weight excluding hydrogens is 264 g/mol. The van der Waals surface area contributed by atoms with Gasteiger partial charge in [-0.25, -0.2) is 0 Å². The van der Waals surface area contributed by atoms with E-state index in [1.807, 2.05) is 25.7 Å². The van der Waals surface area contributed by atoms with Gasteiger partial charge in [-0.05, 0) is 25.2 Å². The highest BCUT2D eigenvalue weighted by atomic mass is 16.2. The highest BCUT2D eigenvalue weighted by Gasteiger charge is 2.49. The standard InChI is InChI=1S/C17H32N2O2/c1-7-12(5)14-15(20)19(11-13(8-2)9-3)17(6,10-4)16(21)18-14/h12-14H,7-11H2,1-6H3,(H,18,21). The molecule has 1 rings (SSSR count). The van der Waals surface area contributed by atoms with Gasteiger partial charge >= 0.3 is 0 Å². The van der Waals surface area contributed by atoms with Crippen LogP contribution in [0.2, 0.25) is 0 Å². The molecule has 1 saturated heterocycles. The zero-order valence-corrected chi connectivity index (χ0v) is 14.5. The Morgan fingerprint density at radius 3 is 2.14 bits per heavy atom. The highest BCUT2D eigenvalue weighted by molar-refractivity contribution is 5.99. The van der Waals surface area contributed by atoms with Crippen molar-refractivity contribution in [2.45, 2.75) is 78.8 Å². The van der Waals surface area contributed by atoms with E-state index in [1.54, 1.807) is 0 Å². The topological polar surface area (TPSA) is 49.4 Å². The molecule has 4 heteroatoms. The van der Waals surface area contributed by atoms with Crippen LogP contribution in [0.5, 0.6) is 0 Å². The second-order valence-electron chi connectivity index (χ2n) is 6.60. The molecule has 0 bridgehead atoms. The molecule has 122 valence electrons. The average molecular weight is 296 g/mol. The Hall–Kier alpha value is -1.06. The third-order valence-corrected chi connectivity index (χ3v) is 5.40. The zero-order chi connectivity index (χ0) is 16.2. The number of rotatable bonds is 7. The maximum atomic E-state index is 12.9. The van der Waals surface area contributed by atoms with Gasteiger partial charge in [-0.1, -0.05) is 53.9 Å². The van der Waals surface area contributed by atoms with Gasteiger partial charge in [-0.15, -0.1) is 0 Å². The van der Waals surface area contributed by atoms with Gasteiger partial charge in [0.1, 0.15) is 11.6 Å². The van der Waals surface area contributed by atoms with Crippen molar-refractivity contribution in [1.82, 2.24) is 10.2 Å². The number of hydrogen-bond acceptors (Lipinski definition) is 2. The quantitative estimate of drug-likeness (QED) is 0.785. The van der Waals surface area contributed by atoms with Gasteiger partial charge in [0.2, 0.25) is 11.8 Å². The van der Waals surface area contributed by atoms with Crippen molar-refractivity contribution >= 4 is 11.8 Å². The number of carbonyl (C=O) groups is 2. The van der Waals surface area contributed by atoms with Crippen LogP contribution in [0.15, 0.2) is 0 Å². The molecule has 1 fully saturated rings. The van der Waals surface area contributed by atoms with E-state index in [4.69, 9.17) is 0 Å². The first-order valence-electron chi connectivity index (χ1n) is 8.47. The first-order valence-corrected chi connectivity index (χ1v) is 8.47. The summed E-state index contributed by atoms with van der Waals surface area (Å²) in [6.07, 6.45) is 3.61. The lowest BCUT2D eigenvalue weighted by Gasteiger charge is -2.48. The highest BCUT2D eigenvalue weighted by Crippen LogP contribution is 2.29. The number of amides is 2. The molecule has 0 aromatic rings. The summed E-state index contributed by atoms with van der Waals surface area (Å²) in [7, 11) is 0. The minimum absolute atomic E-state index is 0.000793. The molecule has 0 radical (unpaired) electrons. The molecule has 1 aliphatic heterocycles. The SMILES string of the molecule is CCC(CC)CN1C(=O)C(C(C)CC)NC(=O)C1(C)CC. The molecule has 0 spiro atoms. The van der Waals surface area contributed by atoms with Crippen LogP contribution in [0, 0.1) is 11.8 Å². The minimum atomic E-state index is -0.705. The van der Waals surface area contributed by atoms with Crippen molar-refractivity contribution in [1.29, 1.82) is 0 Å². The van der Waals surface area contributed by atoms with Gasteiger partial charge in [0.05, 0.1) is 0 Å². The summed E-state index contributed by atoms with van der Waals surface area (Å²) in [5.41, 5.74) is -0.705. The van der Waals surface area contributed by atoms with E-state index in [1.165, 1.54) is 0 Å².